The predicted molar refractivity (Wildman–Crippen MR) is 146 cm³/mol. The first-order valence-corrected chi connectivity index (χ1v) is 12.1. The fourth-order valence-electron chi connectivity index (χ4n) is 4.85. The number of methoxy groups -OCH3 is 1. The minimum Gasteiger partial charge on any atom is -0.475 e. The number of esters is 1. The smallest absolute Gasteiger partial charge is 0.337 e. The summed E-state index contributed by atoms with van der Waals surface area (Å²) in [6, 6.07) is 39.4. The molecule has 1 heterocycles. The van der Waals surface area contributed by atoms with E-state index in [1.54, 1.807) is 0 Å². The number of carbonyl (C=O) groups excluding carboxylic acids is 1. The van der Waals surface area contributed by atoms with Crippen molar-refractivity contribution in [3.05, 3.63) is 161 Å². The van der Waals surface area contributed by atoms with Crippen LogP contribution in [0.25, 0.3) is 5.76 Å². The number of hydrogen-bond donors (Lipinski definition) is 0. The van der Waals surface area contributed by atoms with E-state index in [4.69, 9.17) is 9.47 Å². The minimum absolute atomic E-state index is 0.208. The molecule has 5 rings (SSSR count). The summed E-state index contributed by atoms with van der Waals surface area (Å²) in [7, 11) is 1.36. The third-order valence-electron chi connectivity index (χ3n) is 6.57. The lowest BCUT2D eigenvalue weighted by Gasteiger charge is -2.37. The van der Waals surface area contributed by atoms with Crippen LogP contribution in [0.2, 0.25) is 0 Å². The molecule has 3 heteroatoms. The summed E-state index contributed by atoms with van der Waals surface area (Å²) in [5.41, 5.74) is 3.23. The Balaban J connectivity index is 1.84. The summed E-state index contributed by atoms with van der Waals surface area (Å²) >= 11 is 0. The van der Waals surface area contributed by atoms with E-state index in [2.05, 4.69) is 18.4 Å². The maximum absolute atomic E-state index is 13.1. The summed E-state index contributed by atoms with van der Waals surface area (Å²) in [5, 5.41) is 0. The van der Waals surface area contributed by atoms with Gasteiger partial charge in [-0.15, -0.1) is 0 Å². The predicted octanol–water partition coefficient (Wildman–Crippen LogP) is 6.89. The second kappa shape index (κ2) is 10.4. The Morgan fingerprint density at radius 1 is 0.784 bits per heavy atom. The van der Waals surface area contributed by atoms with Crippen LogP contribution >= 0.6 is 0 Å². The Morgan fingerprint density at radius 2 is 1.32 bits per heavy atom. The van der Waals surface area contributed by atoms with Gasteiger partial charge in [-0.2, -0.15) is 0 Å². The van der Waals surface area contributed by atoms with Crippen molar-refractivity contribution in [3.63, 3.8) is 0 Å². The highest BCUT2D eigenvalue weighted by atomic mass is 16.5. The molecule has 0 saturated carbocycles. The first kappa shape index (κ1) is 23.9. The van der Waals surface area contributed by atoms with Crippen LogP contribution in [-0.2, 0) is 19.9 Å². The first-order chi connectivity index (χ1) is 18.1. The molecule has 3 nitrogen and oxygen atoms in total. The second-order valence-corrected chi connectivity index (χ2v) is 8.74. The van der Waals surface area contributed by atoms with Crippen molar-refractivity contribution in [2.45, 2.75) is 11.5 Å². The van der Waals surface area contributed by atoms with Crippen molar-refractivity contribution in [1.29, 1.82) is 0 Å². The fourth-order valence-corrected chi connectivity index (χ4v) is 4.85. The number of hydrogen-bond acceptors (Lipinski definition) is 3. The largest absolute Gasteiger partial charge is 0.475 e. The molecule has 0 aromatic heterocycles. The average Bonchev–Trinajstić information content (AvgIpc) is 3.33. The average molecular weight is 483 g/mol. The minimum atomic E-state index is -1.26. The zero-order chi connectivity index (χ0) is 25.7. The van der Waals surface area contributed by atoms with Gasteiger partial charge in [0, 0.05) is 16.7 Å². The van der Waals surface area contributed by atoms with Gasteiger partial charge in [0.2, 0.25) is 0 Å². The van der Waals surface area contributed by atoms with E-state index in [0.717, 1.165) is 27.8 Å². The highest BCUT2D eigenvalue weighted by Gasteiger charge is 2.56. The van der Waals surface area contributed by atoms with E-state index < -0.39 is 17.5 Å². The summed E-state index contributed by atoms with van der Waals surface area (Å²) in [5.74, 6) is 6.40. The van der Waals surface area contributed by atoms with Crippen molar-refractivity contribution in [3.8, 4) is 11.8 Å². The third kappa shape index (κ3) is 4.46. The molecule has 4 aromatic rings. The van der Waals surface area contributed by atoms with E-state index in [-0.39, 0.29) is 5.57 Å². The maximum atomic E-state index is 13.1. The zero-order valence-corrected chi connectivity index (χ0v) is 20.6. The van der Waals surface area contributed by atoms with Crippen LogP contribution in [0.15, 0.2) is 139 Å². The van der Waals surface area contributed by atoms with Gasteiger partial charge in [0.25, 0.3) is 0 Å². The van der Waals surface area contributed by atoms with E-state index >= 15 is 0 Å². The van der Waals surface area contributed by atoms with E-state index in [1.807, 2.05) is 121 Å². The first-order valence-electron chi connectivity index (χ1n) is 12.1. The molecule has 0 radical (unpaired) electrons. The van der Waals surface area contributed by atoms with Gasteiger partial charge < -0.3 is 9.47 Å². The molecule has 0 amide bonds. The van der Waals surface area contributed by atoms with E-state index in [9.17, 15) is 4.79 Å². The molecule has 0 spiro atoms. The molecule has 0 aliphatic carbocycles. The molecule has 2 atom stereocenters. The SMILES string of the molecule is C=C(C(=O)OC)[C@@]1(c2ccccc2)OC(c2ccccc2)=C(C#Cc2ccccc2)[C@@H]1c1ccccc1. The van der Waals surface area contributed by atoms with E-state index in [0.29, 0.717) is 5.76 Å². The van der Waals surface area contributed by atoms with Gasteiger partial charge in [0.1, 0.15) is 5.76 Å². The number of ether oxygens (including phenoxy) is 2. The molecule has 0 unspecified atom stereocenters. The molecule has 1 aliphatic heterocycles. The molecule has 180 valence electrons. The molecule has 37 heavy (non-hydrogen) atoms. The molecule has 0 saturated heterocycles. The lowest BCUT2D eigenvalue weighted by atomic mass is 9.71. The molecule has 0 fully saturated rings. The molecule has 0 bridgehead atoms. The number of rotatable bonds is 5. The Hall–Kier alpha value is -4.81. The van der Waals surface area contributed by atoms with Crippen LogP contribution in [0, 0.1) is 11.8 Å². The van der Waals surface area contributed by atoms with Crippen LogP contribution in [-0.4, -0.2) is 13.1 Å². The quantitative estimate of drug-likeness (QED) is 0.177. The van der Waals surface area contributed by atoms with Gasteiger partial charge in [-0.05, 0) is 17.7 Å². The summed E-state index contributed by atoms with van der Waals surface area (Å²) in [6.45, 7) is 4.24. The van der Waals surface area contributed by atoms with Crippen LogP contribution in [0.5, 0.6) is 0 Å². The number of benzene rings is 4. The third-order valence-corrected chi connectivity index (χ3v) is 6.57. The van der Waals surface area contributed by atoms with Crippen LogP contribution < -0.4 is 0 Å². The molecule has 4 aromatic carbocycles. The second-order valence-electron chi connectivity index (χ2n) is 8.74. The Labute approximate surface area is 217 Å². The van der Waals surface area contributed by atoms with Crippen LogP contribution in [0.3, 0.4) is 0 Å². The van der Waals surface area contributed by atoms with Gasteiger partial charge in [0.05, 0.1) is 24.2 Å². The summed E-state index contributed by atoms with van der Waals surface area (Å²) < 4.78 is 12.1. The van der Waals surface area contributed by atoms with Gasteiger partial charge in [-0.1, -0.05) is 128 Å². The Morgan fingerprint density at radius 3 is 1.92 bits per heavy atom. The maximum Gasteiger partial charge on any atom is 0.337 e. The lowest BCUT2D eigenvalue weighted by molar-refractivity contribution is -0.138. The van der Waals surface area contributed by atoms with Gasteiger partial charge in [-0.25, -0.2) is 4.79 Å². The van der Waals surface area contributed by atoms with Gasteiger partial charge in [0.15, 0.2) is 5.60 Å². The molecule has 1 aliphatic rings. The van der Waals surface area contributed by atoms with E-state index in [1.165, 1.54) is 7.11 Å². The van der Waals surface area contributed by atoms with Gasteiger partial charge in [-0.3, -0.25) is 0 Å². The monoisotopic (exact) mass is 482 g/mol. The number of carbonyl (C=O) groups is 1. The van der Waals surface area contributed by atoms with Crippen molar-refractivity contribution in [1.82, 2.24) is 0 Å². The van der Waals surface area contributed by atoms with Crippen LogP contribution in [0.4, 0.5) is 0 Å². The van der Waals surface area contributed by atoms with Crippen molar-refractivity contribution >= 4 is 11.7 Å². The normalized spacial score (nSPS) is 18.4. The Kier molecular flexibility index (Phi) is 6.74. The molecular formula is C34H26O3. The highest BCUT2D eigenvalue weighted by Crippen LogP contribution is 2.57. The molecular weight excluding hydrogens is 456 g/mol. The van der Waals surface area contributed by atoms with Crippen molar-refractivity contribution in [2.75, 3.05) is 7.11 Å². The fraction of sp³-hybridized carbons (Fsp3) is 0.0882. The van der Waals surface area contributed by atoms with Crippen molar-refractivity contribution in [2.24, 2.45) is 0 Å². The topological polar surface area (TPSA) is 35.5 Å². The molecule has 0 N–H and O–H groups in total. The highest BCUT2D eigenvalue weighted by molar-refractivity contribution is 5.92. The lowest BCUT2D eigenvalue weighted by Crippen LogP contribution is -2.38. The summed E-state index contributed by atoms with van der Waals surface area (Å²) in [4.78, 5) is 13.1. The standard InChI is InChI=1S/C34H26O3/c1-25(33(35)36-2)34(29-21-13-6-14-22-29)31(27-17-9-4-10-18-27)30(24-23-26-15-7-3-8-16-26)32(37-34)28-19-11-5-12-20-28/h3-22,31H,1H2,2H3/t31-,34-/m0/s1. The summed E-state index contributed by atoms with van der Waals surface area (Å²) in [6.07, 6.45) is 0. The van der Waals surface area contributed by atoms with Gasteiger partial charge >= 0.3 is 5.97 Å². The zero-order valence-electron chi connectivity index (χ0n) is 20.6. The van der Waals surface area contributed by atoms with Crippen LogP contribution in [0.1, 0.15) is 28.2 Å². The Bertz CT molecular complexity index is 1490. The van der Waals surface area contributed by atoms with Crippen molar-refractivity contribution < 1.29 is 14.3 Å².